The van der Waals surface area contributed by atoms with Crippen LogP contribution in [0.2, 0.25) is 0 Å². The Morgan fingerprint density at radius 1 is 1.00 bits per heavy atom. The zero-order valence-corrected chi connectivity index (χ0v) is 5.67. The average Bonchev–Trinajstić information content (AvgIpc) is 1.69. The Morgan fingerprint density at radius 2 is 1.43 bits per heavy atom. The van der Waals surface area contributed by atoms with E-state index in [1.165, 1.54) is 0 Å². The second-order valence-corrected chi connectivity index (χ2v) is 2.00. The molecule has 0 bridgehead atoms. The predicted octanol–water partition coefficient (Wildman–Crippen LogP) is 2.45. The summed E-state index contributed by atoms with van der Waals surface area (Å²) >= 11 is 10.7. The summed E-state index contributed by atoms with van der Waals surface area (Å²) in [6, 6.07) is 0. The second kappa shape index (κ2) is 6.58. The first kappa shape index (κ1) is 7.58. The van der Waals surface area contributed by atoms with Crippen molar-refractivity contribution < 1.29 is 0 Å². The molecule has 0 nitrogen and oxygen atoms in total. The topological polar surface area (TPSA) is 0 Å². The van der Waals surface area contributed by atoms with Crippen LogP contribution in [0.4, 0.5) is 0 Å². The van der Waals surface area contributed by atoms with E-state index in [0.717, 1.165) is 24.6 Å². The SMILES string of the molecule is ClCC[CH]CCCl. The largest absolute Gasteiger partial charge is 0.127 e. The van der Waals surface area contributed by atoms with E-state index in [0.29, 0.717) is 0 Å². The number of hydrogen-bond donors (Lipinski definition) is 0. The van der Waals surface area contributed by atoms with Crippen LogP contribution in [0.25, 0.3) is 0 Å². The molecule has 1 radical (unpaired) electrons. The van der Waals surface area contributed by atoms with Gasteiger partial charge in [-0.1, -0.05) is 0 Å². The molecule has 0 aromatic carbocycles. The van der Waals surface area contributed by atoms with Crippen LogP contribution in [0.5, 0.6) is 0 Å². The summed E-state index contributed by atoms with van der Waals surface area (Å²) in [6.07, 6.45) is 4.06. The Labute approximate surface area is 54.8 Å². The summed E-state index contributed by atoms with van der Waals surface area (Å²) in [5.41, 5.74) is 0. The predicted molar refractivity (Wildman–Crippen MR) is 35.0 cm³/mol. The van der Waals surface area contributed by atoms with Gasteiger partial charge in [0, 0.05) is 11.8 Å². The van der Waals surface area contributed by atoms with Crippen molar-refractivity contribution in [3.8, 4) is 0 Å². The van der Waals surface area contributed by atoms with Crippen molar-refractivity contribution in [3.63, 3.8) is 0 Å². The number of hydrogen-bond acceptors (Lipinski definition) is 0. The van der Waals surface area contributed by atoms with Gasteiger partial charge < -0.3 is 0 Å². The molecule has 0 unspecified atom stereocenters. The van der Waals surface area contributed by atoms with E-state index in [-0.39, 0.29) is 0 Å². The summed E-state index contributed by atoms with van der Waals surface area (Å²) in [5, 5.41) is 0. The normalized spacial score (nSPS) is 9.43. The van der Waals surface area contributed by atoms with Crippen LogP contribution >= 0.6 is 23.2 Å². The minimum atomic E-state index is 0.719. The molecular formula is C5H9Cl2. The van der Waals surface area contributed by atoms with Crippen LogP contribution in [0, 0.1) is 6.42 Å². The molecule has 0 aliphatic carbocycles. The maximum Gasteiger partial charge on any atom is 0.0226 e. The molecule has 0 fully saturated rings. The maximum atomic E-state index is 5.36. The first-order valence-corrected chi connectivity index (χ1v) is 3.42. The molecule has 0 aromatic heterocycles. The summed E-state index contributed by atoms with van der Waals surface area (Å²) in [5.74, 6) is 1.44. The van der Waals surface area contributed by atoms with Gasteiger partial charge in [-0.2, -0.15) is 0 Å². The number of rotatable bonds is 4. The molecule has 0 saturated heterocycles. The fourth-order valence-corrected chi connectivity index (χ4v) is 0.607. The minimum Gasteiger partial charge on any atom is -0.127 e. The highest BCUT2D eigenvalue weighted by molar-refractivity contribution is 6.18. The molecule has 0 rings (SSSR count). The van der Waals surface area contributed by atoms with Crippen LogP contribution in [0.1, 0.15) is 12.8 Å². The van der Waals surface area contributed by atoms with Gasteiger partial charge in [0.2, 0.25) is 0 Å². The van der Waals surface area contributed by atoms with Crippen LogP contribution in [0.15, 0.2) is 0 Å². The summed E-state index contributed by atoms with van der Waals surface area (Å²) in [4.78, 5) is 0. The molecule has 0 aliphatic rings. The highest BCUT2D eigenvalue weighted by Gasteiger charge is 1.82. The van der Waals surface area contributed by atoms with E-state index >= 15 is 0 Å². The molecule has 0 amide bonds. The van der Waals surface area contributed by atoms with Gasteiger partial charge in [-0.05, 0) is 19.3 Å². The zero-order valence-electron chi connectivity index (χ0n) is 4.16. The van der Waals surface area contributed by atoms with Crippen molar-refractivity contribution in [3.05, 3.63) is 6.42 Å². The summed E-state index contributed by atoms with van der Waals surface area (Å²) < 4.78 is 0. The minimum absolute atomic E-state index is 0.719. The fourth-order valence-electron chi connectivity index (χ4n) is 0.299. The third-order valence-electron chi connectivity index (χ3n) is 0.626. The van der Waals surface area contributed by atoms with Gasteiger partial charge in [0.05, 0.1) is 0 Å². The van der Waals surface area contributed by atoms with Gasteiger partial charge in [-0.3, -0.25) is 0 Å². The van der Waals surface area contributed by atoms with Crippen LogP contribution in [-0.4, -0.2) is 11.8 Å². The lowest BCUT2D eigenvalue weighted by Crippen LogP contribution is -1.78. The highest BCUT2D eigenvalue weighted by atomic mass is 35.5. The van der Waals surface area contributed by atoms with E-state index < -0.39 is 0 Å². The monoisotopic (exact) mass is 139 g/mol. The molecule has 0 N–H and O–H groups in total. The van der Waals surface area contributed by atoms with Gasteiger partial charge in [0.1, 0.15) is 0 Å². The van der Waals surface area contributed by atoms with Crippen molar-refractivity contribution in [1.82, 2.24) is 0 Å². The van der Waals surface area contributed by atoms with Gasteiger partial charge in [0.25, 0.3) is 0 Å². The first-order valence-electron chi connectivity index (χ1n) is 2.35. The smallest absolute Gasteiger partial charge is 0.0226 e. The number of halogens is 2. The Balaban J connectivity index is 2.45. The molecule has 0 aromatic rings. The van der Waals surface area contributed by atoms with Gasteiger partial charge >= 0.3 is 0 Å². The van der Waals surface area contributed by atoms with Crippen LogP contribution < -0.4 is 0 Å². The summed E-state index contributed by atoms with van der Waals surface area (Å²) in [7, 11) is 0. The third-order valence-corrected chi connectivity index (χ3v) is 1.06. The van der Waals surface area contributed by atoms with Crippen molar-refractivity contribution in [2.75, 3.05) is 11.8 Å². The van der Waals surface area contributed by atoms with E-state index in [9.17, 15) is 0 Å². The molecule has 0 spiro atoms. The lowest BCUT2D eigenvalue weighted by Gasteiger charge is -1.88. The number of alkyl halides is 2. The van der Waals surface area contributed by atoms with E-state index in [2.05, 4.69) is 6.42 Å². The molecule has 2 heteroatoms. The van der Waals surface area contributed by atoms with Crippen molar-refractivity contribution in [2.24, 2.45) is 0 Å². The van der Waals surface area contributed by atoms with Gasteiger partial charge in [0.15, 0.2) is 0 Å². The zero-order chi connectivity index (χ0) is 5.54. The quantitative estimate of drug-likeness (QED) is 0.415. The van der Waals surface area contributed by atoms with Crippen molar-refractivity contribution in [1.29, 1.82) is 0 Å². The van der Waals surface area contributed by atoms with E-state index in [4.69, 9.17) is 23.2 Å². The highest BCUT2D eigenvalue weighted by Crippen LogP contribution is 1.95. The Kier molecular flexibility index (Phi) is 7.13. The molecule has 7 heavy (non-hydrogen) atoms. The molecule has 0 saturated carbocycles. The molecule has 0 heterocycles. The van der Waals surface area contributed by atoms with E-state index in [1.807, 2.05) is 0 Å². The Morgan fingerprint density at radius 3 is 1.71 bits per heavy atom. The molecule has 0 atom stereocenters. The molecular weight excluding hydrogens is 131 g/mol. The Hall–Kier alpha value is 0.580. The summed E-state index contributed by atoms with van der Waals surface area (Å²) in [6.45, 7) is 0. The van der Waals surface area contributed by atoms with Crippen LogP contribution in [-0.2, 0) is 0 Å². The third kappa shape index (κ3) is 6.58. The fraction of sp³-hybridized carbons (Fsp3) is 0.800. The lowest BCUT2D eigenvalue weighted by molar-refractivity contribution is 0.982. The van der Waals surface area contributed by atoms with Gasteiger partial charge in [-0.25, -0.2) is 0 Å². The Bertz CT molecular complexity index is 25.3. The molecule has 0 aliphatic heterocycles. The van der Waals surface area contributed by atoms with Crippen molar-refractivity contribution >= 4 is 23.2 Å². The molecule has 43 valence electrons. The standard InChI is InChI=1S/C5H9Cl2/c6-4-2-1-3-5-7/h1H,2-5H2. The lowest BCUT2D eigenvalue weighted by atomic mass is 10.3. The van der Waals surface area contributed by atoms with E-state index in [1.54, 1.807) is 0 Å². The maximum absolute atomic E-state index is 5.36. The first-order chi connectivity index (χ1) is 3.41. The second-order valence-electron chi connectivity index (χ2n) is 1.24. The van der Waals surface area contributed by atoms with Crippen LogP contribution in [0.3, 0.4) is 0 Å². The average molecular weight is 140 g/mol. The van der Waals surface area contributed by atoms with Gasteiger partial charge in [-0.15, -0.1) is 23.2 Å². The number of unbranched alkanes of at least 4 members (excludes halogenated alkanes) is 2. The van der Waals surface area contributed by atoms with Crippen molar-refractivity contribution in [2.45, 2.75) is 12.8 Å².